The van der Waals surface area contributed by atoms with Gasteiger partial charge in [-0.2, -0.15) is 13.2 Å². The summed E-state index contributed by atoms with van der Waals surface area (Å²) in [5.41, 5.74) is 4.17. The predicted octanol–water partition coefficient (Wildman–Crippen LogP) is 7.02. The molecule has 160 valence electrons. The van der Waals surface area contributed by atoms with Crippen LogP contribution in [0.3, 0.4) is 0 Å². The number of benzene rings is 2. The van der Waals surface area contributed by atoms with Crippen LogP contribution in [0.4, 0.5) is 18.9 Å². The number of anilines is 1. The zero-order chi connectivity index (χ0) is 21.8. The normalized spacial score (nSPS) is 12.2. The van der Waals surface area contributed by atoms with Crippen molar-refractivity contribution in [1.29, 1.82) is 0 Å². The molecule has 0 spiro atoms. The van der Waals surface area contributed by atoms with E-state index in [2.05, 4.69) is 12.3 Å². The van der Waals surface area contributed by atoms with Crippen LogP contribution in [0.25, 0.3) is 0 Å². The lowest BCUT2D eigenvalue weighted by Gasteiger charge is -2.35. The maximum atomic E-state index is 13.9. The second-order valence-corrected chi connectivity index (χ2v) is 8.44. The van der Waals surface area contributed by atoms with E-state index in [0.29, 0.717) is 23.5 Å². The number of hydrogen-bond donors (Lipinski definition) is 1. The Labute approximate surface area is 171 Å². The first kappa shape index (κ1) is 23.1. The third-order valence-corrected chi connectivity index (χ3v) is 4.26. The fourth-order valence-electron chi connectivity index (χ4n) is 2.95. The Morgan fingerprint density at radius 3 is 2.10 bits per heavy atom. The molecule has 0 aliphatic rings. The molecule has 0 aromatic heterocycles. The number of alkyl halides is 3. The largest absolute Gasteiger partial charge is 0.454 e. The summed E-state index contributed by atoms with van der Waals surface area (Å²) >= 11 is 0. The van der Waals surface area contributed by atoms with E-state index in [4.69, 9.17) is 4.74 Å². The summed E-state index contributed by atoms with van der Waals surface area (Å²) in [5, 5.41) is 1.79. The number of hydrogen-bond acceptors (Lipinski definition) is 3. The Morgan fingerprint density at radius 2 is 1.59 bits per heavy atom. The van der Waals surface area contributed by atoms with Gasteiger partial charge in [-0.05, 0) is 70.9 Å². The molecule has 29 heavy (non-hydrogen) atoms. The number of ether oxygens (including phenoxy) is 1. The minimum Gasteiger partial charge on any atom is -0.454 e. The van der Waals surface area contributed by atoms with Crippen LogP contribution < -0.4 is 15.2 Å². The molecule has 2 rings (SSSR count). The second kappa shape index (κ2) is 9.08. The van der Waals surface area contributed by atoms with Crippen LogP contribution in [0.1, 0.15) is 57.2 Å². The summed E-state index contributed by atoms with van der Waals surface area (Å²) in [7, 11) is 0. The Bertz CT molecular complexity index is 809. The molecule has 1 N–H and O–H groups in total. The Morgan fingerprint density at radius 1 is 0.966 bits per heavy atom. The highest BCUT2D eigenvalue weighted by Gasteiger charge is 2.37. The Hall–Kier alpha value is -2.21. The second-order valence-electron chi connectivity index (χ2n) is 8.44. The molecule has 0 saturated carbocycles. The molecule has 0 aliphatic heterocycles. The van der Waals surface area contributed by atoms with Crippen molar-refractivity contribution in [2.75, 3.05) is 11.6 Å². The molecule has 0 radical (unpaired) electrons. The molecule has 0 atom stereocenters. The zero-order valence-electron chi connectivity index (χ0n) is 18.1. The van der Waals surface area contributed by atoms with Gasteiger partial charge in [0.1, 0.15) is 11.3 Å². The summed E-state index contributed by atoms with van der Waals surface area (Å²) in [6.45, 7) is 12.1. The predicted molar refractivity (Wildman–Crippen MR) is 113 cm³/mol. The van der Waals surface area contributed by atoms with E-state index in [1.54, 1.807) is 30.1 Å². The first-order valence-electron chi connectivity index (χ1n) is 9.92. The average molecular weight is 409 g/mol. The van der Waals surface area contributed by atoms with Gasteiger partial charge in [0, 0.05) is 12.1 Å². The van der Waals surface area contributed by atoms with E-state index >= 15 is 0 Å². The molecule has 0 fully saturated rings. The lowest BCUT2D eigenvalue weighted by Crippen LogP contribution is -2.50. The summed E-state index contributed by atoms with van der Waals surface area (Å²) < 4.78 is 47.6. The quantitative estimate of drug-likeness (QED) is 0.498. The van der Waals surface area contributed by atoms with Gasteiger partial charge in [-0.25, -0.2) is 5.43 Å². The number of unbranched alkanes of at least 4 members (excludes halogenated alkanes) is 1. The van der Waals surface area contributed by atoms with Crippen molar-refractivity contribution in [2.45, 2.75) is 66.1 Å². The maximum absolute atomic E-state index is 13.9. The standard InChI is InChI=1S/C23H31F3N2O/c1-7-8-13-28(27-22(4,5)6)20-15-17(3)14-19(23(24,25)26)21(20)29-18-11-9-16(2)10-12-18/h9-12,14-15,27H,7-8,13H2,1-6H3. The van der Waals surface area contributed by atoms with E-state index in [1.807, 2.05) is 39.8 Å². The molecular weight excluding hydrogens is 377 g/mol. The number of halogens is 3. The fourth-order valence-corrected chi connectivity index (χ4v) is 2.95. The number of hydrazine groups is 1. The SMILES string of the molecule is CCCCN(NC(C)(C)C)c1cc(C)cc(C(F)(F)F)c1Oc1ccc(C)cc1. The first-order valence-corrected chi connectivity index (χ1v) is 9.92. The van der Waals surface area contributed by atoms with Crippen LogP contribution in [-0.4, -0.2) is 12.1 Å². The molecule has 0 amide bonds. The Balaban J connectivity index is 2.63. The monoisotopic (exact) mass is 408 g/mol. The molecule has 0 unspecified atom stereocenters. The molecule has 6 heteroatoms. The van der Waals surface area contributed by atoms with Crippen molar-refractivity contribution in [3.05, 3.63) is 53.1 Å². The molecule has 0 heterocycles. The van der Waals surface area contributed by atoms with Gasteiger partial charge in [-0.1, -0.05) is 31.0 Å². The number of aryl methyl sites for hydroxylation is 2. The number of nitrogens with one attached hydrogen (secondary N) is 1. The third kappa shape index (κ3) is 6.67. The smallest absolute Gasteiger partial charge is 0.420 e. The number of nitrogens with zero attached hydrogens (tertiary/aromatic N) is 1. The van der Waals surface area contributed by atoms with Gasteiger partial charge >= 0.3 is 6.18 Å². The van der Waals surface area contributed by atoms with Crippen LogP contribution in [0.2, 0.25) is 0 Å². The maximum Gasteiger partial charge on any atom is 0.420 e. The van der Waals surface area contributed by atoms with Crippen molar-refractivity contribution >= 4 is 5.69 Å². The minimum atomic E-state index is -4.53. The fraction of sp³-hybridized carbons (Fsp3) is 0.478. The van der Waals surface area contributed by atoms with E-state index in [9.17, 15) is 13.2 Å². The lowest BCUT2D eigenvalue weighted by molar-refractivity contribution is -0.138. The number of rotatable bonds is 7. The summed E-state index contributed by atoms with van der Waals surface area (Å²) in [5.74, 6) is 0.192. The van der Waals surface area contributed by atoms with Crippen molar-refractivity contribution in [3.63, 3.8) is 0 Å². The molecular formula is C23H31F3N2O. The third-order valence-electron chi connectivity index (χ3n) is 4.26. The van der Waals surface area contributed by atoms with Crippen molar-refractivity contribution < 1.29 is 17.9 Å². The highest BCUT2D eigenvalue weighted by molar-refractivity contribution is 5.65. The Kier molecular flexibility index (Phi) is 7.22. The van der Waals surface area contributed by atoms with Crippen molar-refractivity contribution in [2.24, 2.45) is 0 Å². The molecule has 0 aliphatic carbocycles. The van der Waals surface area contributed by atoms with E-state index in [-0.39, 0.29) is 11.3 Å². The topological polar surface area (TPSA) is 24.5 Å². The van der Waals surface area contributed by atoms with Crippen LogP contribution in [0.15, 0.2) is 36.4 Å². The first-order chi connectivity index (χ1) is 13.4. The van der Waals surface area contributed by atoms with Crippen molar-refractivity contribution in [1.82, 2.24) is 5.43 Å². The van der Waals surface area contributed by atoms with E-state index in [0.717, 1.165) is 24.5 Å². The summed E-state index contributed by atoms with van der Waals surface area (Å²) in [6, 6.07) is 9.89. The summed E-state index contributed by atoms with van der Waals surface area (Å²) in [4.78, 5) is 0. The van der Waals surface area contributed by atoms with E-state index in [1.165, 1.54) is 0 Å². The van der Waals surface area contributed by atoms with Crippen LogP contribution in [-0.2, 0) is 6.18 Å². The van der Waals surface area contributed by atoms with Gasteiger partial charge < -0.3 is 9.75 Å². The van der Waals surface area contributed by atoms with Crippen molar-refractivity contribution in [3.8, 4) is 11.5 Å². The molecule has 0 saturated heterocycles. The highest BCUT2D eigenvalue weighted by Crippen LogP contribution is 2.44. The summed E-state index contributed by atoms with van der Waals surface area (Å²) in [6.07, 6.45) is -2.77. The zero-order valence-corrected chi connectivity index (χ0v) is 18.1. The van der Waals surface area contributed by atoms with Crippen LogP contribution >= 0.6 is 0 Å². The van der Waals surface area contributed by atoms with Gasteiger partial charge in [-0.15, -0.1) is 0 Å². The van der Waals surface area contributed by atoms with Gasteiger partial charge in [-0.3, -0.25) is 0 Å². The molecule has 0 bridgehead atoms. The molecule has 3 nitrogen and oxygen atoms in total. The van der Waals surface area contributed by atoms with Gasteiger partial charge in [0.15, 0.2) is 5.75 Å². The van der Waals surface area contributed by atoms with E-state index < -0.39 is 11.7 Å². The molecule has 2 aromatic carbocycles. The van der Waals surface area contributed by atoms with Gasteiger partial charge in [0.05, 0.1) is 5.69 Å². The van der Waals surface area contributed by atoms with Crippen LogP contribution in [0.5, 0.6) is 11.5 Å². The minimum absolute atomic E-state index is 0.181. The lowest BCUT2D eigenvalue weighted by atomic mass is 10.1. The van der Waals surface area contributed by atoms with Crippen LogP contribution in [0, 0.1) is 13.8 Å². The average Bonchev–Trinajstić information content (AvgIpc) is 2.59. The van der Waals surface area contributed by atoms with Gasteiger partial charge in [0.2, 0.25) is 0 Å². The molecule has 2 aromatic rings. The highest BCUT2D eigenvalue weighted by atomic mass is 19.4. The van der Waals surface area contributed by atoms with Gasteiger partial charge in [0.25, 0.3) is 0 Å².